The summed E-state index contributed by atoms with van der Waals surface area (Å²) >= 11 is 2.01. The molecule has 0 spiro atoms. The summed E-state index contributed by atoms with van der Waals surface area (Å²) in [4.78, 5) is 1.41. The number of nitrogens with zero attached hydrogens (tertiary/aromatic N) is 1. The summed E-state index contributed by atoms with van der Waals surface area (Å²) in [5.41, 5.74) is 9.18. The van der Waals surface area contributed by atoms with E-state index >= 15 is 0 Å². The molecule has 10 rings (SSSR count). The molecule has 2 heteroatoms. The van der Waals surface area contributed by atoms with Gasteiger partial charge in [0.1, 0.15) is 0 Å². The van der Waals surface area contributed by atoms with Crippen LogP contribution in [0.25, 0.3) is 71.0 Å². The van der Waals surface area contributed by atoms with Gasteiger partial charge in [-0.2, -0.15) is 0 Å². The second kappa shape index (κ2) is 9.22. The maximum Gasteiger partial charge on any atom is 0.0626 e. The lowest BCUT2D eigenvalue weighted by atomic mass is 9.89. The molecule has 1 unspecified atom stereocenters. The number of rotatable bonds is 2. The zero-order chi connectivity index (χ0) is 28.8. The Kier molecular flexibility index (Phi) is 5.11. The van der Waals surface area contributed by atoms with Gasteiger partial charge in [0.15, 0.2) is 0 Å². The van der Waals surface area contributed by atoms with Crippen LogP contribution in [0.15, 0.2) is 151 Å². The van der Waals surface area contributed by atoms with Crippen LogP contribution < -0.4 is 0 Å². The van der Waals surface area contributed by atoms with Gasteiger partial charge in [0, 0.05) is 37.4 Å². The van der Waals surface area contributed by atoms with E-state index in [1.54, 1.807) is 0 Å². The molecule has 8 aromatic rings. The second-order valence-corrected chi connectivity index (χ2v) is 13.2. The number of benzene rings is 7. The van der Waals surface area contributed by atoms with Crippen LogP contribution in [0.5, 0.6) is 0 Å². The molecule has 1 aliphatic heterocycles. The molecule has 0 amide bonds. The number of hydrogen-bond donors (Lipinski definition) is 0. The molecule has 44 heavy (non-hydrogen) atoms. The highest BCUT2D eigenvalue weighted by Gasteiger charge is 2.29. The van der Waals surface area contributed by atoms with E-state index in [9.17, 15) is 0 Å². The Morgan fingerprint density at radius 3 is 2.27 bits per heavy atom. The molecule has 0 radical (unpaired) electrons. The van der Waals surface area contributed by atoms with Crippen LogP contribution in [0.4, 0.5) is 0 Å². The van der Waals surface area contributed by atoms with Gasteiger partial charge in [0.05, 0.1) is 11.0 Å². The largest absolute Gasteiger partial charge is 0.309 e. The van der Waals surface area contributed by atoms with Crippen LogP contribution in [0.1, 0.15) is 17.5 Å². The Morgan fingerprint density at radius 2 is 1.36 bits per heavy atom. The second-order valence-electron chi connectivity index (χ2n) is 12.0. The Bertz CT molecular complexity index is 2550. The van der Waals surface area contributed by atoms with Gasteiger partial charge in [-0.05, 0) is 86.6 Å². The molecule has 1 aromatic heterocycles. The molecule has 0 N–H and O–H groups in total. The maximum absolute atomic E-state index is 2.49. The summed E-state index contributed by atoms with van der Waals surface area (Å²) in [7, 11) is 0. The summed E-state index contributed by atoms with van der Waals surface area (Å²) in [5.74, 6) is 0. The maximum atomic E-state index is 2.49. The van der Waals surface area contributed by atoms with E-state index in [-0.39, 0.29) is 0 Å². The van der Waals surface area contributed by atoms with Crippen LogP contribution in [-0.4, -0.2) is 9.82 Å². The standard InChI is InChI=1S/C42H27NS/c1-2-11-29(12-3-1)43-37-22-19-27(28-20-23-39-35(24-28)32-15-8-9-17-38(32)44-39)25-36(37)41-40-30-13-5-4-10-26(30)18-21-33(40)31-14-6-7-16-34(31)42(41)43/h1-22,24-25,39H,23H2. The van der Waals surface area contributed by atoms with Crippen molar-refractivity contribution in [3.8, 4) is 5.69 Å². The van der Waals surface area contributed by atoms with Crippen molar-refractivity contribution in [2.75, 3.05) is 0 Å². The normalized spacial score (nSPS) is 16.0. The lowest BCUT2D eigenvalue weighted by molar-refractivity contribution is 1.09. The molecule has 2 heterocycles. The topological polar surface area (TPSA) is 4.93 Å². The lowest BCUT2D eigenvalue weighted by Crippen LogP contribution is -2.03. The summed E-state index contributed by atoms with van der Waals surface area (Å²) < 4.78 is 2.49. The molecule has 206 valence electrons. The number of hydrogen-bond acceptors (Lipinski definition) is 1. The number of allylic oxidation sites excluding steroid dienone is 3. The lowest BCUT2D eigenvalue weighted by Gasteiger charge is -2.17. The zero-order valence-corrected chi connectivity index (χ0v) is 24.8. The van der Waals surface area contributed by atoms with E-state index in [1.165, 1.54) is 87.0 Å². The molecular formula is C42H27NS. The van der Waals surface area contributed by atoms with Crippen molar-refractivity contribution in [1.82, 2.24) is 4.57 Å². The van der Waals surface area contributed by atoms with Crippen LogP contribution in [0.2, 0.25) is 0 Å². The van der Waals surface area contributed by atoms with E-state index in [0.29, 0.717) is 5.25 Å². The minimum Gasteiger partial charge on any atom is -0.309 e. The van der Waals surface area contributed by atoms with Crippen LogP contribution >= 0.6 is 11.8 Å². The van der Waals surface area contributed by atoms with Crippen molar-refractivity contribution in [3.05, 3.63) is 157 Å². The molecule has 0 fully saturated rings. The Labute approximate surface area is 259 Å². The van der Waals surface area contributed by atoms with Crippen molar-refractivity contribution in [1.29, 1.82) is 0 Å². The smallest absolute Gasteiger partial charge is 0.0626 e. The Morgan fingerprint density at radius 1 is 0.591 bits per heavy atom. The van der Waals surface area contributed by atoms with Crippen molar-refractivity contribution < 1.29 is 0 Å². The van der Waals surface area contributed by atoms with E-state index in [4.69, 9.17) is 0 Å². The summed E-state index contributed by atoms with van der Waals surface area (Å²) in [5, 5.41) is 11.0. The molecule has 1 atom stereocenters. The van der Waals surface area contributed by atoms with Crippen molar-refractivity contribution in [3.63, 3.8) is 0 Å². The van der Waals surface area contributed by atoms with E-state index in [2.05, 4.69) is 150 Å². The molecule has 1 aliphatic carbocycles. The molecule has 0 bridgehead atoms. The summed E-state index contributed by atoms with van der Waals surface area (Å²) in [6.45, 7) is 0. The predicted octanol–water partition coefficient (Wildman–Crippen LogP) is 11.6. The molecule has 0 saturated heterocycles. The van der Waals surface area contributed by atoms with Gasteiger partial charge in [0.25, 0.3) is 0 Å². The monoisotopic (exact) mass is 577 g/mol. The SMILES string of the molecule is C1=C(c2ccc3c(c2)c2c4c5ccccc5ccc4c4ccccc4c2n3-c2ccccc2)C=C2c3ccccc3SC2C1. The van der Waals surface area contributed by atoms with Gasteiger partial charge in [0.2, 0.25) is 0 Å². The van der Waals surface area contributed by atoms with Gasteiger partial charge in [-0.1, -0.05) is 109 Å². The Hall–Kier alpha value is -5.05. The van der Waals surface area contributed by atoms with Crippen molar-refractivity contribution in [2.45, 2.75) is 16.6 Å². The minimum atomic E-state index is 0.515. The van der Waals surface area contributed by atoms with Gasteiger partial charge in [-0.15, -0.1) is 11.8 Å². The van der Waals surface area contributed by atoms with Crippen LogP contribution in [0, 0.1) is 0 Å². The zero-order valence-electron chi connectivity index (χ0n) is 24.0. The number of fused-ring (bicyclic) bond motifs is 13. The third kappa shape index (κ3) is 3.38. The first-order chi connectivity index (χ1) is 21.8. The van der Waals surface area contributed by atoms with Gasteiger partial charge >= 0.3 is 0 Å². The van der Waals surface area contributed by atoms with E-state index in [0.717, 1.165) is 6.42 Å². The molecule has 7 aromatic carbocycles. The highest BCUT2D eigenvalue weighted by atomic mass is 32.2. The highest BCUT2D eigenvalue weighted by Crippen LogP contribution is 2.50. The van der Waals surface area contributed by atoms with Crippen LogP contribution in [0.3, 0.4) is 0 Å². The third-order valence-electron chi connectivity index (χ3n) is 9.64. The fourth-order valence-corrected chi connectivity index (χ4v) is 9.01. The van der Waals surface area contributed by atoms with Crippen molar-refractivity contribution in [2.24, 2.45) is 0 Å². The molecule has 1 nitrogen and oxygen atoms in total. The minimum absolute atomic E-state index is 0.515. The average molecular weight is 578 g/mol. The fraction of sp³-hybridized carbons (Fsp3) is 0.0476. The quantitative estimate of drug-likeness (QED) is 0.185. The number of thioether (sulfide) groups is 1. The van der Waals surface area contributed by atoms with E-state index < -0.39 is 0 Å². The molecular weight excluding hydrogens is 551 g/mol. The fourth-order valence-electron chi connectivity index (χ4n) is 7.72. The van der Waals surface area contributed by atoms with Crippen LogP contribution in [-0.2, 0) is 0 Å². The predicted molar refractivity (Wildman–Crippen MR) is 190 cm³/mol. The highest BCUT2D eigenvalue weighted by molar-refractivity contribution is 8.00. The average Bonchev–Trinajstić information content (AvgIpc) is 3.64. The first-order valence-electron chi connectivity index (χ1n) is 15.4. The van der Waals surface area contributed by atoms with E-state index in [1.807, 2.05) is 11.8 Å². The third-order valence-corrected chi connectivity index (χ3v) is 11.0. The number of para-hydroxylation sites is 1. The van der Waals surface area contributed by atoms with Crippen molar-refractivity contribution >= 4 is 77.0 Å². The Balaban J connectivity index is 1.35. The summed E-state index contributed by atoms with van der Waals surface area (Å²) in [6, 6.07) is 49.3. The number of aromatic nitrogens is 1. The van der Waals surface area contributed by atoms with Gasteiger partial charge < -0.3 is 4.57 Å². The van der Waals surface area contributed by atoms with Gasteiger partial charge in [-0.25, -0.2) is 0 Å². The first kappa shape index (κ1) is 24.4. The molecule has 2 aliphatic rings. The van der Waals surface area contributed by atoms with Gasteiger partial charge in [-0.3, -0.25) is 0 Å². The summed E-state index contributed by atoms with van der Waals surface area (Å²) in [6.07, 6.45) is 5.96. The first-order valence-corrected chi connectivity index (χ1v) is 16.3. The molecule has 0 saturated carbocycles.